The molecule has 6 heteroatoms. The minimum atomic E-state index is -0.454. The Balaban J connectivity index is 2.21. The van der Waals surface area contributed by atoms with Gasteiger partial charge in [-0.25, -0.2) is 0 Å². The van der Waals surface area contributed by atoms with Gasteiger partial charge in [0.25, 0.3) is 5.69 Å². The van der Waals surface area contributed by atoms with Crippen LogP contribution in [0, 0.1) is 10.1 Å². The first-order chi connectivity index (χ1) is 10.6. The van der Waals surface area contributed by atoms with Gasteiger partial charge >= 0.3 is 0 Å². The Bertz CT molecular complexity index is 914. The van der Waals surface area contributed by atoms with Crippen molar-refractivity contribution in [2.24, 2.45) is 0 Å². The molecule has 110 valence electrons. The fourth-order valence-electron chi connectivity index (χ4n) is 2.37. The summed E-state index contributed by atoms with van der Waals surface area (Å²) in [6.45, 7) is 0. The van der Waals surface area contributed by atoms with E-state index in [0.717, 1.165) is 16.5 Å². The number of ether oxygens (including phenoxy) is 1. The summed E-state index contributed by atoms with van der Waals surface area (Å²) in [6, 6.07) is 13.0. The number of pyridine rings is 1. The predicted molar refractivity (Wildman–Crippen MR) is 83.2 cm³/mol. The highest BCUT2D eigenvalue weighted by atomic mass is 16.6. The van der Waals surface area contributed by atoms with Crippen LogP contribution in [0.3, 0.4) is 0 Å². The van der Waals surface area contributed by atoms with Crippen molar-refractivity contribution >= 4 is 16.6 Å². The monoisotopic (exact) mass is 296 g/mol. The van der Waals surface area contributed by atoms with E-state index in [0.29, 0.717) is 11.3 Å². The second kappa shape index (κ2) is 5.33. The van der Waals surface area contributed by atoms with Crippen molar-refractivity contribution in [2.45, 2.75) is 0 Å². The van der Waals surface area contributed by atoms with Crippen LogP contribution < -0.4 is 10.3 Å². The number of aromatic nitrogens is 1. The van der Waals surface area contributed by atoms with E-state index in [2.05, 4.69) is 4.98 Å². The predicted octanol–water partition coefficient (Wildman–Crippen LogP) is 3.11. The van der Waals surface area contributed by atoms with Crippen molar-refractivity contribution in [3.05, 3.63) is 69.0 Å². The number of non-ortho nitro benzene ring substituents is 1. The molecule has 0 aliphatic carbocycles. The molecule has 3 aromatic rings. The van der Waals surface area contributed by atoms with Gasteiger partial charge in [0.1, 0.15) is 5.75 Å². The third-order valence-corrected chi connectivity index (χ3v) is 3.44. The molecule has 0 saturated heterocycles. The molecule has 0 bridgehead atoms. The Morgan fingerprint density at radius 2 is 1.82 bits per heavy atom. The van der Waals surface area contributed by atoms with Gasteiger partial charge in [-0.2, -0.15) is 0 Å². The van der Waals surface area contributed by atoms with Gasteiger partial charge in [0.15, 0.2) is 0 Å². The summed E-state index contributed by atoms with van der Waals surface area (Å²) in [5, 5.41) is 11.6. The SMILES string of the molecule is COc1ccc2c(-c3ccc([N+](=O)[O-])cc3)cc(=O)[nH]c2c1. The molecule has 1 aromatic heterocycles. The van der Waals surface area contributed by atoms with Crippen LogP contribution in [0.25, 0.3) is 22.0 Å². The molecule has 0 atom stereocenters. The van der Waals surface area contributed by atoms with E-state index in [1.165, 1.54) is 18.2 Å². The number of nitrogens with one attached hydrogen (secondary N) is 1. The normalized spacial score (nSPS) is 10.6. The van der Waals surface area contributed by atoms with Crippen molar-refractivity contribution < 1.29 is 9.66 Å². The Kier molecular flexibility index (Phi) is 3.34. The number of benzene rings is 2. The molecule has 22 heavy (non-hydrogen) atoms. The molecule has 3 rings (SSSR count). The molecule has 0 fully saturated rings. The fraction of sp³-hybridized carbons (Fsp3) is 0.0625. The van der Waals surface area contributed by atoms with Crippen LogP contribution in [0.4, 0.5) is 5.69 Å². The molecule has 0 radical (unpaired) electrons. The lowest BCUT2D eigenvalue weighted by atomic mass is 10.0. The maximum absolute atomic E-state index is 11.8. The number of fused-ring (bicyclic) bond motifs is 1. The summed E-state index contributed by atoms with van der Waals surface area (Å²) in [6.07, 6.45) is 0. The smallest absolute Gasteiger partial charge is 0.269 e. The lowest BCUT2D eigenvalue weighted by Gasteiger charge is -2.08. The summed E-state index contributed by atoms with van der Waals surface area (Å²) >= 11 is 0. The molecule has 0 spiro atoms. The lowest BCUT2D eigenvalue weighted by Crippen LogP contribution is -2.05. The van der Waals surface area contributed by atoms with Crippen molar-refractivity contribution in [2.75, 3.05) is 7.11 Å². The Labute approximate surface area is 125 Å². The zero-order chi connectivity index (χ0) is 15.7. The Hall–Kier alpha value is -3.15. The molecule has 2 aromatic carbocycles. The maximum Gasteiger partial charge on any atom is 0.269 e. The minimum absolute atomic E-state index is 0.0135. The highest BCUT2D eigenvalue weighted by Gasteiger charge is 2.09. The van der Waals surface area contributed by atoms with Crippen molar-refractivity contribution in [3.8, 4) is 16.9 Å². The van der Waals surface area contributed by atoms with E-state index in [1.54, 1.807) is 31.4 Å². The first-order valence-electron chi connectivity index (χ1n) is 6.54. The molecule has 0 saturated carbocycles. The molecule has 0 unspecified atom stereocenters. The van der Waals surface area contributed by atoms with Crippen LogP contribution in [0.1, 0.15) is 0 Å². The van der Waals surface area contributed by atoms with Gasteiger partial charge < -0.3 is 9.72 Å². The van der Waals surface area contributed by atoms with Gasteiger partial charge in [0.05, 0.1) is 17.5 Å². The number of methoxy groups -OCH3 is 1. The van der Waals surface area contributed by atoms with Crippen LogP contribution in [0.5, 0.6) is 5.75 Å². The van der Waals surface area contributed by atoms with Crippen LogP contribution in [0.15, 0.2) is 53.3 Å². The number of nitro groups is 1. The second-order valence-electron chi connectivity index (χ2n) is 4.76. The van der Waals surface area contributed by atoms with Crippen LogP contribution in [0.2, 0.25) is 0 Å². The van der Waals surface area contributed by atoms with Crippen LogP contribution >= 0.6 is 0 Å². The molecule has 0 aliphatic rings. The van der Waals surface area contributed by atoms with Gasteiger partial charge in [-0.05, 0) is 35.4 Å². The number of hydrogen-bond acceptors (Lipinski definition) is 4. The largest absolute Gasteiger partial charge is 0.497 e. The summed E-state index contributed by atoms with van der Waals surface area (Å²) in [5.41, 5.74) is 1.89. The number of H-pyrrole nitrogens is 1. The third kappa shape index (κ3) is 2.42. The quantitative estimate of drug-likeness (QED) is 0.594. The minimum Gasteiger partial charge on any atom is -0.497 e. The van der Waals surface area contributed by atoms with E-state index in [-0.39, 0.29) is 11.2 Å². The average molecular weight is 296 g/mol. The van der Waals surface area contributed by atoms with Crippen molar-refractivity contribution in [1.82, 2.24) is 4.98 Å². The molecule has 0 amide bonds. The van der Waals surface area contributed by atoms with E-state index in [9.17, 15) is 14.9 Å². The molecular weight excluding hydrogens is 284 g/mol. The van der Waals surface area contributed by atoms with Crippen LogP contribution in [-0.4, -0.2) is 17.0 Å². The maximum atomic E-state index is 11.8. The highest BCUT2D eigenvalue weighted by Crippen LogP contribution is 2.29. The van der Waals surface area contributed by atoms with Gasteiger partial charge in [0, 0.05) is 29.7 Å². The fourth-order valence-corrected chi connectivity index (χ4v) is 2.37. The van der Waals surface area contributed by atoms with Gasteiger partial charge in [-0.1, -0.05) is 0 Å². The first kappa shape index (κ1) is 13.8. The van der Waals surface area contributed by atoms with E-state index in [1.807, 2.05) is 6.07 Å². The molecule has 6 nitrogen and oxygen atoms in total. The average Bonchev–Trinajstić information content (AvgIpc) is 2.53. The van der Waals surface area contributed by atoms with Crippen LogP contribution in [-0.2, 0) is 0 Å². The van der Waals surface area contributed by atoms with Gasteiger partial charge in [0.2, 0.25) is 5.56 Å². The molecule has 1 heterocycles. The van der Waals surface area contributed by atoms with E-state index in [4.69, 9.17) is 4.74 Å². The summed E-state index contributed by atoms with van der Waals surface area (Å²) in [4.78, 5) is 24.9. The highest BCUT2D eigenvalue weighted by molar-refractivity contribution is 5.95. The number of rotatable bonds is 3. The van der Waals surface area contributed by atoms with E-state index < -0.39 is 4.92 Å². The number of nitro benzene ring substituents is 1. The molecule has 1 N–H and O–H groups in total. The number of hydrogen-bond donors (Lipinski definition) is 1. The number of aromatic amines is 1. The lowest BCUT2D eigenvalue weighted by molar-refractivity contribution is -0.384. The summed E-state index contributed by atoms with van der Waals surface area (Å²) < 4.78 is 5.15. The summed E-state index contributed by atoms with van der Waals surface area (Å²) in [7, 11) is 1.56. The van der Waals surface area contributed by atoms with E-state index >= 15 is 0 Å². The number of nitrogens with zero attached hydrogens (tertiary/aromatic N) is 1. The van der Waals surface area contributed by atoms with Gasteiger partial charge in [-0.15, -0.1) is 0 Å². The van der Waals surface area contributed by atoms with Crippen molar-refractivity contribution in [1.29, 1.82) is 0 Å². The topological polar surface area (TPSA) is 85.2 Å². The second-order valence-corrected chi connectivity index (χ2v) is 4.76. The van der Waals surface area contributed by atoms with Crippen molar-refractivity contribution in [3.63, 3.8) is 0 Å². The zero-order valence-corrected chi connectivity index (χ0v) is 11.7. The Morgan fingerprint density at radius 1 is 1.09 bits per heavy atom. The molecular formula is C16H12N2O4. The Morgan fingerprint density at radius 3 is 2.45 bits per heavy atom. The van der Waals surface area contributed by atoms with Gasteiger partial charge in [-0.3, -0.25) is 14.9 Å². The standard InChI is InChI=1S/C16H12N2O4/c1-22-12-6-7-13-14(9-16(19)17-15(13)8-12)10-2-4-11(5-3-10)18(20)21/h2-9H,1H3,(H,17,19). The zero-order valence-electron chi connectivity index (χ0n) is 11.7. The molecule has 0 aliphatic heterocycles. The summed E-state index contributed by atoms with van der Waals surface area (Å²) in [5.74, 6) is 0.643. The first-order valence-corrected chi connectivity index (χ1v) is 6.54. The third-order valence-electron chi connectivity index (χ3n) is 3.44.